The van der Waals surface area contributed by atoms with Crippen molar-refractivity contribution >= 4 is 22.4 Å². The van der Waals surface area contributed by atoms with Crippen LogP contribution in [0.1, 0.15) is 12.5 Å². The van der Waals surface area contributed by atoms with Crippen molar-refractivity contribution in [2.24, 2.45) is 0 Å². The van der Waals surface area contributed by atoms with E-state index in [9.17, 15) is 4.79 Å². The summed E-state index contributed by atoms with van der Waals surface area (Å²) in [5.74, 6) is 0.848. The molecule has 0 aliphatic carbocycles. The van der Waals surface area contributed by atoms with Crippen LogP contribution in [0.25, 0.3) is 0 Å². The van der Waals surface area contributed by atoms with E-state index in [4.69, 9.17) is 4.74 Å². The average Bonchev–Trinajstić information content (AvgIpc) is 3.20. The maximum Gasteiger partial charge on any atom is 0.237 e. The van der Waals surface area contributed by atoms with Crippen LogP contribution >= 0.6 is 11.3 Å². The maximum atomic E-state index is 12.5. The molecule has 7 heteroatoms. The van der Waals surface area contributed by atoms with Gasteiger partial charge in [-0.2, -0.15) is 0 Å². The first kappa shape index (κ1) is 17.7. The molecule has 3 rings (SSSR count). The Kier molecular flexibility index (Phi) is 5.88. The number of carbonyl (C=O) groups excluding carboxylic acids is 1. The summed E-state index contributed by atoms with van der Waals surface area (Å²) in [5, 5.41) is 6.08. The Morgan fingerprint density at radius 3 is 2.76 bits per heavy atom. The molecule has 1 aliphatic rings. The summed E-state index contributed by atoms with van der Waals surface area (Å²) < 4.78 is 5.33. The number of anilines is 1. The third-order valence-electron chi connectivity index (χ3n) is 4.58. The van der Waals surface area contributed by atoms with Gasteiger partial charge in [-0.3, -0.25) is 9.69 Å². The number of rotatable bonds is 6. The molecule has 0 bridgehead atoms. The molecule has 1 aliphatic heterocycles. The molecule has 0 saturated carbocycles. The summed E-state index contributed by atoms with van der Waals surface area (Å²) in [6, 6.07) is 7.60. The van der Waals surface area contributed by atoms with Gasteiger partial charge in [0.2, 0.25) is 5.91 Å². The van der Waals surface area contributed by atoms with Crippen molar-refractivity contribution in [1.82, 2.24) is 15.2 Å². The van der Waals surface area contributed by atoms with Crippen LogP contribution in [0.5, 0.6) is 5.75 Å². The summed E-state index contributed by atoms with van der Waals surface area (Å²) in [7, 11) is 1.64. The number of piperazine rings is 1. The van der Waals surface area contributed by atoms with E-state index < -0.39 is 0 Å². The zero-order valence-corrected chi connectivity index (χ0v) is 15.5. The molecule has 25 heavy (non-hydrogen) atoms. The molecule has 1 amide bonds. The Morgan fingerprint density at radius 2 is 2.08 bits per heavy atom. The molecule has 1 aromatic heterocycles. The first-order valence-corrected chi connectivity index (χ1v) is 9.35. The standard InChI is InChI=1S/C18H24N4O2S/c1-14(17(23)20-13-15-5-3-4-6-16(15)24-2)21-8-10-22(11-9-21)18-19-7-12-25-18/h3-7,12,14H,8-11,13H2,1-2H3,(H,20,23)/t14-/m0/s1. The van der Waals surface area contributed by atoms with Gasteiger partial charge in [-0.25, -0.2) is 4.98 Å². The normalized spacial score (nSPS) is 16.5. The number of methoxy groups -OCH3 is 1. The van der Waals surface area contributed by atoms with Crippen molar-refractivity contribution in [2.75, 3.05) is 38.2 Å². The topological polar surface area (TPSA) is 57.7 Å². The fourth-order valence-electron chi connectivity index (χ4n) is 3.02. The highest BCUT2D eigenvalue weighted by molar-refractivity contribution is 7.13. The van der Waals surface area contributed by atoms with Crippen molar-refractivity contribution in [1.29, 1.82) is 0 Å². The first-order chi connectivity index (χ1) is 12.2. The average molecular weight is 360 g/mol. The number of benzene rings is 1. The van der Waals surface area contributed by atoms with Gasteiger partial charge in [0, 0.05) is 49.9 Å². The summed E-state index contributed by atoms with van der Waals surface area (Å²) in [6.07, 6.45) is 1.83. The Balaban J connectivity index is 1.49. The van der Waals surface area contributed by atoms with E-state index in [2.05, 4.69) is 20.1 Å². The molecule has 0 unspecified atom stereocenters. The van der Waals surface area contributed by atoms with Crippen molar-refractivity contribution in [3.05, 3.63) is 41.4 Å². The molecule has 0 spiro atoms. The Bertz CT molecular complexity index is 684. The second-order valence-corrected chi connectivity index (χ2v) is 6.92. The third-order valence-corrected chi connectivity index (χ3v) is 5.41. The van der Waals surface area contributed by atoms with Crippen LogP contribution in [0.4, 0.5) is 5.13 Å². The number of thiazole rings is 1. The number of hydrogen-bond acceptors (Lipinski definition) is 6. The summed E-state index contributed by atoms with van der Waals surface area (Å²) >= 11 is 1.66. The highest BCUT2D eigenvalue weighted by Gasteiger charge is 2.26. The second kappa shape index (κ2) is 8.31. The monoisotopic (exact) mass is 360 g/mol. The number of ether oxygens (including phenoxy) is 1. The van der Waals surface area contributed by atoms with Crippen molar-refractivity contribution < 1.29 is 9.53 Å². The van der Waals surface area contributed by atoms with E-state index in [1.807, 2.05) is 42.8 Å². The lowest BCUT2D eigenvalue weighted by Gasteiger charge is -2.37. The highest BCUT2D eigenvalue weighted by Crippen LogP contribution is 2.20. The lowest BCUT2D eigenvalue weighted by Crippen LogP contribution is -2.53. The molecule has 1 N–H and O–H groups in total. The first-order valence-electron chi connectivity index (χ1n) is 8.47. The second-order valence-electron chi connectivity index (χ2n) is 6.04. The Hall–Kier alpha value is -2.12. The lowest BCUT2D eigenvalue weighted by atomic mass is 10.2. The molecule has 1 saturated heterocycles. The molecular weight excluding hydrogens is 336 g/mol. The van der Waals surface area contributed by atoms with Crippen molar-refractivity contribution in [3.63, 3.8) is 0 Å². The van der Waals surface area contributed by atoms with Crippen LogP contribution in [-0.4, -0.2) is 55.1 Å². The number of para-hydroxylation sites is 1. The third kappa shape index (κ3) is 4.29. The molecule has 1 atom stereocenters. The minimum atomic E-state index is -0.145. The molecule has 6 nitrogen and oxygen atoms in total. The fourth-order valence-corrected chi connectivity index (χ4v) is 3.71. The number of carbonyl (C=O) groups is 1. The number of aromatic nitrogens is 1. The Morgan fingerprint density at radius 1 is 1.32 bits per heavy atom. The number of nitrogens with one attached hydrogen (secondary N) is 1. The van der Waals surface area contributed by atoms with E-state index >= 15 is 0 Å². The fraction of sp³-hybridized carbons (Fsp3) is 0.444. The van der Waals surface area contributed by atoms with Crippen LogP contribution in [-0.2, 0) is 11.3 Å². The van der Waals surface area contributed by atoms with E-state index in [-0.39, 0.29) is 11.9 Å². The van der Waals surface area contributed by atoms with E-state index in [1.54, 1.807) is 18.4 Å². The molecule has 2 aromatic rings. The van der Waals surface area contributed by atoms with Gasteiger partial charge in [-0.1, -0.05) is 18.2 Å². The number of hydrogen-bond donors (Lipinski definition) is 1. The van der Waals surface area contributed by atoms with E-state index in [0.29, 0.717) is 6.54 Å². The smallest absolute Gasteiger partial charge is 0.237 e. The zero-order chi connectivity index (χ0) is 17.6. The van der Waals surface area contributed by atoms with Crippen molar-refractivity contribution in [3.8, 4) is 5.75 Å². The van der Waals surface area contributed by atoms with Gasteiger partial charge in [0.15, 0.2) is 5.13 Å². The van der Waals surface area contributed by atoms with Crippen LogP contribution in [0, 0.1) is 0 Å². The molecule has 1 fully saturated rings. The molecule has 2 heterocycles. The molecule has 134 valence electrons. The van der Waals surface area contributed by atoms with Gasteiger partial charge in [0.1, 0.15) is 5.75 Å². The summed E-state index contributed by atoms with van der Waals surface area (Å²) in [4.78, 5) is 21.4. The van der Waals surface area contributed by atoms with Crippen LogP contribution in [0.3, 0.4) is 0 Å². The number of nitrogens with zero attached hydrogens (tertiary/aromatic N) is 3. The molecule has 1 aromatic carbocycles. The van der Waals surface area contributed by atoms with Gasteiger partial charge < -0.3 is 15.0 Å². The highest BCUT2D eigenvalue weighted by atomic mass is 32.1. The minimum absolute atomic E-state index is 0.0496. The SMILES string of the molecule is COc1ccccc1CNC(=O)[C@H](C)N1CCN(c2nccs2)CC1. The minimum Gasteiger partial charge on any atom is -0.496 e. The number of amides is 1. The largest absolute Gasteiger partial charge is 0.496 e. The van der Waals surface area contributed by atoms with Gasteiger partial charge in [0.05, 0.1) is 13.2 Å². The quantitative estimate of drug-likeness (QED) is 0.854. The van der Waals surface area contributed by atoms with Crippen LogP contribution in [0.2, 0.25) is 0 Å². The molecule has 0 radical (unpaired) electrons. The summed E-state index contributed by atoms with van der Waals surface area (Å²) in [6.45, 7) is 5.98. The predicted molar refractivity (Wildman–Crippen MR) is 100 cm³/mol. The van der Waals surface area contributed by atoms with Crippen molar-refractivity contribution in [2.45, 2.75) is 19.5 Å². The van der Waals surface area contributed by atoms with Gasteiger partial charge >= 0.3 is 0 Å². The van der Waals surface area contributed by atoms with Crippen LogP contribution < -0.4 is 15.0 Å². The van der Waals surface area contributed by atoms with Gasteiger partial charge in [-0.15, -0.1) is 11.3 Å². The predicted octanol–water partition coefficient (Wildman–Crippen LogP) is 1.98. The van der Waals surface area contributed by atoms with Crippen LogP contribution in [0.15, 0.2) is 35.8 Å². The zero-order valence-electron chi connectivity index (χ0n) is 14.6. The van der Waals surface area contributed by atoms with E-state index in [0.717, 1.165) is 42.6 Å². The maximum absolute atomic E-state index is 12.5. The Labute approximate surface area is 152 Å². The molecular formula is C18H24N4O2S. The van der Waals surface area contributed by atoms with E-state index in [1.165, 1.54) is 0 Å². The van der Waals surface area contributed by atoms with Gasteiger partial charge in [-0.05, 0) is 13.0 Å². The summed E-state index contributed by atoms with van der Waals surface area (Å²) in [5.41, 5.74) is 0.985. The van der Waals surface area contributed by atoms with Gasteiger partial charge in [0.25, 0.3) is 0 Å². The lowest BCUT2D eigenvalue weighted by molar-refractivity contribution is -0.126.